The van der Waals surface area contributed by atoms with E-state index in [0.29, 0.717) is 6.04 Å². The van der Waals surface area contributed by atoms with Gasteiger partial charge in [-0.15, -0.1) is 0 Å². The second-order valence-corrected chi connectivity index (χ2v) is 4.91. The molecule has 1 aliphatic rings. The summed E-state index contributed by atoms with van der Waals surface area (Å²) in [6.45, 7) is 5.06. The number of aromatic nitrogens is 2. The van der Waals surface area contributed by atoms with E-state index in [1.165, 1.54) is 25.7 Å². The van der Waals surface area contributed by atoms with E-state index in [1.807, 2.05) is 19.2 Å². The van der Waals surface area contributed by atoms with E-state index < -0.39 is 0 Å². The van der Waals surface area contributed by atoms with Crippen molar-refractivity contribution in [1.82, 2.24) is 15.3 Å². The highest BCUT2D eigenvalue weighted by Crippen LogP contribution is 2.30. The maximum atomic E-state index is 4.38. The molecule has 0 amide bonds. The molecule has 0 bridgehead atoms. The molecular weight excluding hydrogens is 198 g/mol. The van der Waals surface area contributed by atoms with Crippen LogP contribution >= 0.6 is 0 Å². The number of hydrogen-bond donors (Lipinski definition) is 1. The highest BCUT2D eigenvalue weighted by atomic mass is 14.9. The fourth-order valence-electron chi connectivity index (χ4n) is 2.19. The summed E-state index contributed by atoms with van der Waals surface area (Å²) in [4.78, 5) is 8.48. The van der Waals surface area contributed by atoms with Crippen molar-refractivity contribution in [2.45, 2.75) is 52.1 Å². The predicted octanol–water partition coefficient (Wildman–Crippen LogP) is 2.45. The van der Waals surface area contributed by atoms with Gasteiger partial charge in [-0.2, -0.15) is 0 Å². The summed E-state index contributed by atoms with van der Waals surface area (Å²) in [5, 5.41) is 3.53. The topological polar surface area (TPSA) is 37.8 Å². The van der Waals surface area contributed by atoms with Crippen LogP contribution in [0.25, 0.3) is 0 Å². The summed E-state index contributed by atoms with van der Waals surface area (Å²) in [6.07, 6.45) is 7.43. The van der Waals surface area contributed by atoms with Crippen LogP contribution in [0.15, 0.2) is 12.3 Å². The van der Waals surface area contributed by atoms with Gasteiger partial charge in [-0.1, -0.05) is 19.3 Å². The molecule has 1 aromatic rings. The molecule has 1 aromatic heterocycles. The molecule has 0 radical (unpaired) electrons. The summed E-state index contributed by atoms with van der Waals surface area (Å²) in [7, 11) is 0. The summed E-state index contributed by atoms with van der Waals surface area (Å²) in [5.74, 6) is 1.82. The zero-order valence-electron chi connectivity index (χ0n) is 10.2. The van der Waals surface area contributed by atoms with Crippen LogP contribution in [0.4, 0.5) is 0 Å². The summed E-state index contributed by atoms with van der Waals surface area (Å²) in [6, 6.07) is 2.58. The quantitative estimate of drug-likeness (QED) is 0.826. The number of nitrogens with zero attached hydrogens (tertiary/aromatic N) is 2. The van der Waals surface area contributed by atoms with Crippen molar-refractivity contribution >= 4 is 0 Å². The molecule has 1 saturated carbocycles. The lowest BCUT2D eigenvalue weighted by Crippen LogP contribution is -2.30. The third kappa shape index (κ3) is 3.27. The van der Waals surface area contributed by atoms with Crippen LogP contribution in [-0.2, 0) is 6.54 Å². The first-order valence-electron chi connectivity index (χ1n) is 6.26. The Balaban J connectivity index is 1.73. The molecule has 1 unspecified atom stereocenters. The van der Waals surface area contributed by atoms with Gasteiger partial charge in [0.25, 0.3) is 0 Å². The monoisotopic (exact) mass is 219 g/mol. The lowest BCUT2D eigenvalue weighted by Gasteiger charge is -2.28. The average Bonchev–Trinajstić information content (AvgIpc) is 2.21. The van der Waals surface area contributed by atoms with Gasteiger partial charge in [-0.25, -0.2) is 9.97 Å². The highest BCUT2D eigenvalue weighted by molar-refractivity contribution is 5.01. The Hall–Kier alpha value is -0.960. The van der Waals surface area contributed by atoms with Crippen LogP contribution in [0.3, 0.4) is 0 Å². The van der Waals surface area contributed by atoms with Crippen molar-refractivity contribution in [3.05, 3.63) is 23.8 Å². The van der Waals surface area contributed by atoms with Crippen LogP contribution in [0.2, 0.25) is 0 Å². The smallest absolute Gasteiger partial charge is 0.125 e. The molecule has 2 rings (SSSR count). The zero-order valence-corrected chi connectivity index (χ0v) is 10.2. The minimum Gasteiger partial charge on any atom is -0.309 e. The van der Waals surface area contributed by atoms with Crippen molar-refractivity contribution in [1.29, 1.82) is 0 Å². The maximum absolute atomic E-state index is 4.38. The van der Waals surface area contributed by atoms with Crippen LogP contribution < -0.4 is 5.32 Å². The molecule has 1 heterocycles. The van der Waals surface area contributed by atoms with Gasteiger partial charge in [0.2, 0.25) is 0 Å². The largest absolute Gasteiger partial charge is 0.309 e. The maximum Gasteiger partial charge on any atom is 0.125 e. The van der Waals surface area contributed by atoms with Crippen LogP contribution in [0.5, 0.6) is 0 Å². The van der Waals surface area contributed by atoms with Crippen molar-refractivity contribution in [3.63, 3.8) is 0 Å². The Labute approximate surface area is 97.7 Å². The highest BCUT2D eigenvalue weighted by Gasteiger charge is 2.19. The van der Waals surface area contributed by atoms with E-state index in [1.54, 1.807) is 0 Å². The number of aryl methyl sites for hydroxylation is 1. The van der Waals surface area contributed by atoms with Gasteiger partial charge < -0.3 is 5.32 Å². The molecule has 16 heavy (non-hydrogen) atoms. The van der Waals surface area contributed by atoms with Crippen LogP contribution in [-0.4, -0.2) is 16.0 Å². The third-order valence-corrected chi connectivity index (χ3v) is 3.38. The minimum atomic E-state index is 0.598. The summed E-state index contributed by atoms with van der Waals surface area (Å²) < 4.78 is 0. The first kappa shape index (κ1) is 11.5. The second-order valence-electron chi connectivity index (χ2n) is 4.91. The SMILES string of the molecule is Cc1nccc(CNC(C)CC2CCC2)n1. The lowest BCUT2D eigenvalue weighted by atomic mass is 9.81. The molecule has 1 atom stereocenters. The fraction of sp³-hybridized carbons (Fsp3) is 0.692. The van der Waals surface area contributed by atoms with Gasteiger partial charge in [0, 0.05) is 18.8 Å². The summed E-state index contributed by atoms with van der Waals surface area (Å²) >= 11 is 0. The molecular formula is C13H21N3. The molecule has 1 aliphatic carbocycles. The molecule has 88 valence electrons. The van der Waals surface area contributed by atoms with E-state index in [-0.39, 0.29) is 0 Å². The second kappa shape index (κ2) is 5.39. The van der Waals surface area contributed by atoms with Gasteiger partial charge in [0.15, 0.2) is 0 Å². The average molecular weight is 219 g/mol. The molecule has 1 fully saturated rings. The van der Waals surface area contributed by atoms with E-state index in [0.717, 1.165) is 24.0 Å². The Morgan fingerprint density at radius 1 is 1.50 bits per heavy atom. The van der Waals surface area contributed by atoms with Gasteiger partial charge >= 0.3 is 0 Å². The number of rotatable bonds is 5. The lowest BCUT2D eigenvalue weighted by molar-refractivity contribution is 0.265. The predicted molar refractivity (Wildman–Crippen MR) is 65.0 cm³/mol. The van der Waals surface area contributed by atoms with Crippen LogP contribution in [0, 0.1) is 12.8 Å². The Kier molecular flexibility index (Phi) is 3.88. The van der Waals surface area contributed by atoms with E-state index in [4.69, 9.17) is 0 Å². The van der Waals surface area contributed by atoms with Gasteiger partial charge in [-0.3, -0.25) is 0 Å². The zero-order chi connectivity index (χ0) is 11.4. The van der Waals surface area contributed by atoms with E-state index in [2.05, 4.69) is 22.2 Å². The molecule has 1 N–H and O–H groups in total. The fourth-order valence-corrected chi connectivity index (χ4v) is 2.19. The van der Waals surface area contributed by atoms with E-state index >= 15 is 0 Å². The Morgan fingerprint density at radius 2 is 2.31 bits per heavy atom. The summed E-state index contributed by atoms with van der Waals surface area (Å²) in [5.41, 5.74) is 1.09. The molecule has 3 nitrogen and oxygen atoms in total. The first-order valence-corrected chi connectivity index (χ1v) is 6.26. The van der Waals surface area contributed by atoms with Crippen LogP contribution in [0.1, 0.15) is 44.1 Å². The number of hydrogen-bond acceptors (Lipinski definition) is 3. The molecule has 0 aromatic carbocycles. The Bertz CT molecular complexity index is 334. The van der Waals surface area contributed by atoms with Gasteiger partial charge in [0.1, 0.15) is 5.82 Å². The van der Waals surface area contributed by atoms with Gasteiger partial charge in [0.05, 0.1) is 5.69 Å². The third-order valence-electron chi connectivity index (χ3n) is 3.38. The normalized spacial score (nSPS) is 18.1. The minimum absolute atomic E-state index is 0.598. The number of nitrogens with one attached hydrogen (secondary N) is 1. The molecule has 0 saturated heterocycles. The van der Waals surface area contributed by atoms with Crippen molar-refractivity contribution in [3.8, 4) is 0 Å². The standard InChI is InChI=1S/C13H21N3/c1-10(8-12-4-3-5-12)15-9-13-6-7-14-11(2)16-13/h6-7,10,12,15H,3-5,8-9H2,1-2H3. The molecule has 0 spiro atoms. The molecule has 0 aliphatic heterocycles. The van der Waals surface area contributed by atoms with Crippen molar-refractivity contribution in [2.24, 2.45) is 5.92 Å². The molecule has 3 heteroatoms. The first-order chi connectivity index (χ1) is 7.74. The van der Waals surface area contributed by atoms with Crippen molar-refractivity contribution < 1.29 is 0 Å². The van der Waals surface area contributed by atoms with Crippen molar-refractivity contribution in [2.75, 3.05) is 0 Å². The van der Waals surface area contributed by atoms with E-state index in [9.17, 15) is 0 Å². The Morgan fingerprint density at radius 3 is 2.94 bits per heavy atom. The van der Waals surface area contributed by atoms with Gasteiger partial charge in [-0.05, 0) is 32.3 Å².